The van der Waals surface area contributed by atoms with Gasteiger partial charge in [-0.3, -0.25) is 9.59 Å². The van der Waals surface area contributed by atoms with Crippen molar-refractivity contribution in [2.24, 2.45) is 0 Å². The van der Waals surface area contributed by atoms with Crippen LogP contribution in [0.1, 0.15) is 96.5 Å². The minimum atomic E-state index is -0.297. The molecule has 0 N–H and O–H groups in total. The highest BCUT2D eigenvalue weighted by molar-refractivity contribution is 5.76. The summed E-state index contributed by atoms with van der Waals surface area (Å²) in [6.45, 7) is 8.06. The van der Waals surface area contributed by atoms with Crippen molar-refractivity contribution in [2.75, 3.05) is 0 Å². The summed E-state index contributed by atoms with van der Waals surface area (Å²) in [6, 6.07) is 5.14. The Balaban J connectivity index is 2.57. The first-order valence-electron chi connectivity index (χ1n) is 10.8. The molecule has 156 valence electrons. The van der Waals surface area contributed by atoms with Crippen LogP contribution in [0.25, 0.3) is 6.08 Å². The molecule has 0 saturated heterocycles. The van der Waals surface area contributed by atoms with Gasteiger partial charge in [-0.25, -0.2) is 0 Å². The standard InChI is InChI=1S/C24H36O4/c1-4-7-9-11-13-15-23(25)27-21-18-17-20(6-3)19-22(21)28-24(26)16-14-12-10-8-5-2/h6,17-19H,3-5,7-16H2,1-2H3. The van der Waals surface area contributed by atoms with Crippen molar-refractivity contribution in [1.29, 1.82) is 0 Å². The number of carbonyl (C=O) groups is 2. The smallest absolute Gasteiger partial charge is 0.311 e. The lowest BCUT2D eigenvalue weighted by atomic mass is 10.1. The molecule has 4 nitrogen and oxygen atoms in total. The van der Waals surface area contributed by atoms with Crippen LogP contribution >= 0.6 is 0 Å². The highest BCUT2D eigenvalue weighted by Gasteiger charge is 2.14. The average Bonchev–Trinajstić information content (AvgIpc) is 2.69. The van der Waals surface area contributed by atoms with Crippen molar-refractivity contribution in [3.8, 4) is 11.5 Å². The van der Waals surface area contributed by atoms with Crippen LogP contribution in [0.2, 0.25) is 0 Å². The second kappa shape index (κ2) is 14.9. The molecule has 0 heterocycles. The lowest BCUT2D eigenvalue weighted by Gasteiger charge is -2.11. The molecule has 4 heteroatoms. The number of carbonyl (C=O) groups excluding carboxylic acids is 2. The lowest BCUT2D eigenvalue weighted by Crippen LogP contribution is -2.12. The van der Waals surface area contributed by atoms with Crippen molar-refractivity contribution in [1.82, 2.24) is 0 Å². The van der Waals surface area contributed by atoms with Gasteiger partial charge in [0, 0.05) is 12.8 Å². The van der Waals surface area contributed by atoms with Gasteiger partial charge in [0.2, 0.25) is 0 Å². The Hall–Kier alpha value is -2.10. The van der Waals surface area contributed by atoms with E-state index in [9.17, 15) is 9.59 Å². The van der Waals surface area contributed by atoms with E-state index in [2.05, 4.69) is 20.4 Å². The van der Waals surface area contributed by atoms with Crippen LogP contribution in [0.5, 0.6) is 11.5 Å². The van der Waals surface area contributed by atoms with Gasteiger partial charge in [0.15, 0.2) is 11.5 Å². The van der Waals surface area contributed by atoms with E-state index in [1.165, 1.54) is 25.7 Å². The fourth-order valence-corrected chi connectivity index (χ4v) is 2.91. The fraction of sp³-hybridized carbons (Fsp3) is 0.583. The predicted molar refractivity (Wildman–Crippen MR) is 115 cm³/mol. The quantitative estimate of drug-likeness (QED) is 0.187. The van der Waals surface area contributed by atoms with Gasteiger partial charge in [-0.2, -0.15) is 0 Å². The molecule has 0 fully saturated rings. The van der Waals surface area contributed by atoms with Gasteiger partial charge in [-0.05, 0) is 30.5 Å². The second-order valence-electron chi connectivity index (χ2n) is 7.19. The number of ether oxygens (including phenoxy) is 2. The normalized spacial score (nSPS) is 10.5. The Bertz CT molecular complexity index is 607. The van der Waals surface area contributed by atoms with Crippen LogP contribution in [0.3, 0.4) is 0 Å². The Morgan fingerprint density at radius 3 is 1.79 bits per heavy atom. The second-order valence-corrected chi connectivity index (χ2v) is 7.19. The zero-order chi connectivity index (χ0) is 20.6. The summed E-state index contributed by atoms with van der Waals surface area (Å²) in [7, 11) is 0. The maximum absolute atomic E-state index is 12.2. The number of hydrogen-bond acceptors (Lipinski definition) is 4. The summed E-state index contributed by atoms with van der Waals surface area (Å²) in [5.41, 5.74) is 0.810. The maximum Gasteiger partial charge on any atom is 0.311 e. The van der Waals surface area contributed by atoms with Crippen LogP contribution in [0.15, 0.2) is 24.8 Å². The molecule has 0 aliphatic heterocycles. The summed E-state index contributed by atoms with van der Waals surface area (Å²) >= 11 is 0. The minimum Gasteiger partial charge on any atom is -0.423 e. The van der Waals surface area contributed by atoms with Crippen LogP contribution in [0, 0.1) is 0 Å². The highest BCUT2D eigenvalue weighted by Crippen LogP contribution is 2.30. The third-order valence-corrected chi connectivity index (χ3v) is 4.62. The van der Waals surface area contributed by atoms with E-state index in [4.69, 9.17) is 9.47 Å². The third kappa shape index (κ3) is 10.3. The molecule has 0 amide bonds. The van der Waals surface area contributed by atoms with Gasteiger partial charge in [0.05, 0.1) is 0 Å². The number of unbranched alkanes of at least 4 members (excludes halogenated alkanes) is 8. The van der Waals surface area contributed by atoms with Gasteiger partial charge in [-0.15, -0.1) is 0 Å². The number of hydrogen-bond donors (Lipinski definition) is 0. The van der Waals surface area contributed by atoms with E-state index in [0.717, 1.165) is 44.1 Å². The molecule has 0 atom stereocenters. The molecule has 0 unspecified atom stereocenters. The molecule has 0 aliphatic rings. The highest BCUT2D eigenvalue weighted by atomic mass is 16.6. The molecule has 0 spiro atoms. The molecule has 0 saturated carbocycles. The zero-order valence-electron chi connectivity index (χ0n) is 17.6. The summed E-state index contributed by atoms with van der Waals surface area (Å²) in [4.78, 5) is 24.3. The topological polar surface area (TPSA) is 52.6 Å². The molecule has 1 aromatic carbocycles. The monoisotopic (exact) mass is 388 g/mol. The van der Waals surface area contributed by atoms with Gasteiger partial charge >= 0.3 is 11.9 Å². The Morgan fingerprint density at radius 1 is 0.786 bits per heavy atom. The van der Waals surface area contributed by atoms with Crippen LogP contribution in [-0.4, -0.2) is 11.9 Å². The van der Waals surface area contributed by atoms with Gasteiger partial charge in [0.25, 0.3) is 0 Å². The average molecular weight is 389 g/mol. The third-order valence-electron chi connectivity index (χ3n) is 4.62. The molecule has 0 aliphatic carbocycles. The Morgan fingerprint density at radius 2 is 1.29 bits per heavy atom. The number of benzene rings is 1. The molecular weight excluding hydrogens is 352 g/mol. The lowest BCUT2D eigenvalue weighted by molar-refractivity contribution is -0.137. The molecule has 0 radical (unpaired) electrons. The van der Waals surface area contributed by atoms with Crippen molar-refractivity contribution in [2.45, 2.75) is 90.9 Å². The molecule has 0 bridgehead atoms. The van der Waals surface area contributed by atoms with E-state index >= 15 is 0 Å². The van der Waals surface area contributed by atoms with Gasteiger partial charge in [0.1, 0.15) is 0 Å². The largest absolute Gasteiger partial charge is 0.423 e. The molecule has 0 aromatic heterocycles. The fourth-order valence-electron chi connectivity index (χ4n) is 2.91. The SMILES string of the molecule is C=Cc1ccc(OC(=O)CCCCCCC)c(OC(=O)CCCCCCC)c1. The first-order valence-corrected chi connectivity index (χ1v) is 10.8. The first-order chi connectivity index (χ1) is 13.6. The zero-order valence-corrected chi connectivity index (χ0v) is 17.6. The maximum atomic E-state index is 12.2. The van der Waals surface area contributed by atoms with E-state index in [1.54, 1.807) is 24.3 Å². The number of rotatable bonds is 15. The van der Waals surface area contributed by atoms with Crippen LogP contribution < -0.4 is 9.47 Å². The minimum absolute atomic E-state index is 0.287. The van der Waals surface area contributed by atoms with E-state index in [0.29, 0.717) is 18.6 Å². The number of esters is 2. The van der Waals surface area contributed by atoms with Crippen molar-refractivity contribution < 1.29 is 19.1 Å². The Labute approximate surface area is 170 Å². The van der Waals surface area contributed by atoms with E-state index < -0.39 is 0 Å². The van der Waals surface area contributed by atoms with E-state index in [1.807, 2.05) is 0 Å². The molecule has 1 aromatic rings. The van der Waals surface area contributed by atoms with Gasteiger partial charge in [-0.1, -0.05) is 83.9 Å². The molecule has 28 heavy (non-hydrogen) atoms. The summed E-state index contributed by atoms with van der Waals surface area (Å²) in [5.74, 6) is -0.00641. The van der Waals surface area contributed by atoms with Crippen LogP contribution in [0.4, 0.5) is 0 Å². The van der Waals surface area contributed by atoms with Crippen molar-refractivity contribution in [3.63, 3.8) is 0 Å². The summed E-state index contributed by atoms with van der Waals surface area (Å²) in [6.07, 6.45) is 13.1. The van der Waals surface area contributed by atoms with Crippen LogP contribution in [-0.2, 0) is 9.59 Å². The van der Waals surface area contributed by atoms with Crippen molar-refractivity contribution in [3.05, 3.63) is 30.3 Å². The summed E-state index contributed by atoms with van der Waals surface area (Å²) < 4.78 is 10.9. The Kier molecular flexibility index (Phi) is 12.7. The molecule has 1 rings (SSSR count). The summed E-state index contributed by atoms with van der Waals surface area (Å²) in [5, 5.41) is 0. The molecular formula is C24H36O4. The van der Waals surface area contributed by atoms with E-state index in [-0.39, 0.29) is 17.7 Å². The van der Waals surface area contributed by atoms with Crippen molar-refractivity contribution >= 4 is 18.0 Å². The predicted octanol–water partition coefficient (Wildman–Crippen LogP) is 6.86. The van der Waals surface area contributed by atoms with Gasteiger partial charge < -0.3 is 9.47 Å². The first kappa shape index (κ1) is 23.9.